The third-order valence-corrected chi connectivity index (χ3v) is 6.39. The maximum absolute atomic E-state index is 5.57. The first kappa shape index (κ1) is 28.4. The van der Waals surface area contributed by atoms with Crippen LogP contribution in [0.1, 0.15) is 0 Å². The van der Waals surface area contributed by atoms with Crippen molar-refractivity contribution in [1.82, 2.24) is 0 Å². The quantitative estimate of drug-likeness (QED) is 0.101. The molecule has 0 aromatic rings. The molecule has 2 unspecified atom stereocenters. The number of hydrogen-bond donors (Lipinski definition) is 0. The third-order valence-electron chi connectivity index (χ3n) is 4.26. The fourth-order valence-electron chi connectivity index (χ4n) is 2.35. The molecule has 0 aromatic carbocycles. The minimum atomic E-state index is 0.319. The normalized spacial score (nSPS) is 19.4. The zero-order chi connectivity index (χ0) is 22.5. The summed E-state index contributed by atoms with van der Waals surface area (Å²) in [6, 6.07) is 0. The van der Waals surface area contributed by atoms with Crippen LogP contribution in [0.3, 0.4) is 0 Å². The molecule has 0 spiro atoms. The second-order valence-electron chi connectivity index (χ2n) is 7.37. The molecule has 2 saturated heterocycles. The predicted octanol–water partition coefficient (Wildman–Crippen LogP) is 1.91. The maximum atomic E-state index is 5.57. The van der Waals surface area contributed by atoms with Gasteiger partial charge in [-0.05, 0) is 0 Å². The Hall–Kier alpha value is 0.120. The highest BCUT2D eigenvalue weighted by atomic mass is 32.2. The molecule has 0 amide bonds. The van der Waals surface area contributed by atoms with Crippen LogP contribution < -0.4 is 0 Å². The summed E-state index contributed by atoms with van der Waals surface area (Å²) in [5, 5.41) is 0. The second-order valence-corrected chi connectivity index (χ2v) is 9.58. The number of epoxide rings is 2. The van der Waals surface area contributed by atoms with E-state index in [0.717, 1.165) is 49.4 Å². The van der Waals surface area contributed by atoms with Crippen LogP contribution in [0.2, 0.25) is 0 Å². The molecule has 2 atom stereocenters. The Balaban J connectivity index is 1.17. The molecule has 0 N–H and O–H groups in total. The van der Waals surface area contributed by atoms with Crippen LogP contribution in [-0.4, -0.2) is 128 Å². The van der Waals surface area contributed by atoms with Crippen molar-refractivity contribution in [3.8, 4) is 0 Å². The summed E-state index contributed by atoms with van der Waals surface area (Å²) in [6.45, 7) is 13.5. The van der Waals surface area contributed by atoms with Crippen molar-refractivity contribution in [2.24, 2.45) is 0 Å². The molecule has 0 radical (unpaired) electrons. The highest BCUT2D eigenvalue weighted by Gasteiger charge is 2.22. The van der Waals surface area contributed by atoms with Gasteiger partial charge in [0.05, 0.1) is 92.5 Å². The van der Waals surface area contributed by atoms with E-state index in [0.29, 0.717) is 78.3 Å². The Morgan fingerprint density at radius 1 is 0.594 bits per heavy atom. The van der Waals surface area contributed by atoms with E-state index in [4.69, 9.17) is 37.9 Å². The second kappa shape index (κ2) is 20.5. The highest BCUT2D eigenvalue weighted by Crippen LogP contribution is 2.12. The molecule has 0 aromatic heterocycles. The summed E-state index contributed by atoms with van der Waals surface area (Å²) in [5.74, 6) is 3.88. The molecule has 0 bridgehead atoms. The summed E-state index contributed by atoms with van der Waals surface area (Å²) in [7, 11) is 0. The lowest BCUT2D eigenvalue weighted by molar-refractivity contribution is 0.0145. The molecule has 32 heavy (non-hydrogen) atoms. The zero-order valence-corrected chi connectivity index (χ0v) is 20.8. The molecular formula is C22H40O8S2. The minimum Gasteiger partial charge on any atom is -0.378 e. The number of hydrogen-bond acceptors (Lipinski definition) is 10. The Morgan fingerprint density at radius 3 is 1.31 bits per heavy atom. The van der Waals surface area contributed by atoms with Gasteiger partial charge in [-0.15, -0.1) is 0 Å². The van der Waals surface area contributed by atoms with Gasteiger partial charge in [0.1, 0.15) is 12.2 Å². The van der Waals surface area contributed by atoms with Gasteiger partial charge in [0.2, 0.25) is 0 Å². The molecule has 188 valence electrons. The average Bonchev–Trinajstić information content (AvgIpc) is 3.71. The van der Waals surface area contributed by atoms with Crippen LogP contribution in [-0.2, 0) is 37.9 Å². The van der Waals surface area contributed by atoms with Gasteiger partial charge in [-0.3, -0.25) is 0 Å². The topological polar surface area (TPSA) is 80.4 Å². The van der Waals surface area contributed by atoms with Crippen LogP contribution in [0.4, 0.5) is 0 Å². The molecule has 2 aliphatic rings. The lowest BCUT2D eigenvalue weighted by atomic mass is 10.4. The maximum Gasteiger partial charge on any atom is 0.104 e. The first-order chi connectivity index (χ1) is 15.8. The van der Waals surface area contributed by atoms with Gasteiger partial charge in [0.25, 0.3) is 0 Å². The van der Waals surface area contributed by atoms with Crippen LogP contribution in [0.25, 0.3) is 0 Å². The standard InChI is InChI=1S/C22H40O8S2/c1-20(18-31-12-10-25-4-2-23-6-8-27-14-21-16-29-21)19-32-13-11-26-5-3-24-7-9-28-15-22-17-30-22/h21-22H,1-19H2. The average molecular weight is 497 g/mol. The molecule has 2 heterocycles. The van der Waals surface area contributed by atoms with Crippen molar-refractivity contribution in [3.05, 3.63) is 12.2 Å². The predicted molar refractivity (Wildman–Crippen MR) is 128 cm³/mol. The summed E-state index contributed by atoms with van der Waals surface area (Å²) in [6.07, 6.45) is 0.637. The Kier molecular flexibility index (Phi) is 18.2. The SMILES string of the molecule is C=C(CSCCOCCOCCOCC1CO1)CSCCOCCOCCOCC1CO1. The molecule has 10 heteroatoms. The van der Waals surface area contributed by atoms with E-state index in [2.05, 4.69) is 6.58 Å². The van der Waals surface area contributed by atoms with Crippen molar-refractivity contribution >= 4 is 23.5 Å². The smallest absolute Gasteiger partial charge is 0.104 e. The first-order valence-electron chi connectivity index (χ1n) is 11.4. The van der Waals surface area contributed by atoms with E-state index >= 15 is 0 Å². The summed E-state index contributed by atoms with van der Waals surface area (Å²) < 4.78 is 43.0. The van der Waals surface area contributed by atoms with Gasteiger partial charge >= 0.3 is 0 Å². The van der Waals surface area contributed by atoms with E-state index in [1.807, 2.05) is 23.5 Å². The largest absolute Gasteiger partial charge is 0.378 e. The van der Waals surface area contributed by atoms with Crippen molar-refractivity contribution in [2.45, 2.75) is 12.2 Å². The zero-order valence-electron chi connectivity index (χ0n) is 19.2. The Labute approximate surface area is 201 Å². The summed E-state index contributed by atoms with van der Waals surface area (Å²) in [4.78, 5) is 0. The summed E-state index contributed by atoms with van der Waals surface area (Å²) in [5.41, 5.74) is 1.25. The van der Waals surface area contributed by atoms with E-state index in [1.165, 1.54) is 5.57 Å². The molecule has 2 aliphatic heterocycles. The fraction of sp³-hybridized carbons (Fsp3) is 0.909. The third kappa shape index (κ3) is 19.6. The van der Waals surface area contributed by atoms with Crippen molar-refractivity contribution in [3.63, 3.8) is 0 Å². The monoisotopic (exact) mass is 496 g/mol. The minimum absolute atomic E-state index is 0.319. The molecular weight excluding hydrogens is 456 g/mol. The van der Waals surface area contributed by atoms with Gasteiger partial charge in [-0.25, -0.2) is 0 Å². The van der Waals surface area contributed by atoms with Crippen LogP contribution in [0, 0.1) is 0 Å². The van der Waals surface area contributed by atoms with Gasteiger partial charge < -0.3 is 37.9 Å². The van der Waals surface area contributed by atoms with E-state index in [-0.39, 0.29) is 0 Å². The van der Waals surface area contributed by atoms with Crippen molar-refractivity contribution < 1.29 is 37.9 Å². The van der Waals surface area contributed by atoms with Gasteiger partial charge in [0.15, 0.2) is 0 Å². The summed E-state index contributed by atoms with van der Waals surface area (Å²) >= 11 is 3.71. The van der Waals surface area contributed by atoms with Gasteiger partial charge in [0, 0.05) is 23.0 Å². The van der Waals surface area contributed by atoms with Crippen LogP contribution in [0.5, 0.6) is 0 Å². The molecule has 2 rings (SSSR count). The molecule has 8 nitrogen and oxygen atoms in total. The van der Waals surface area contributed by atoms with Crippen molar-refractivity contribution in [1.29, 1.82) is 0 Å². The van der Waals surface area contributed by atoms with Crippen molar-refractivity contribution in [2.75, 3.05) is 116 Å². The van der Waals surface area contributed by atoms with Gasteiger partial charge in [-0.2, -0.15) is 23.5 Å². The van der Waals surface area contributed by atoms with Crippen LogP contribution in [0.15, 0.2) is 12.2 Å². The number of thioether (sulfide) groups is 2. The molecule has 0 saturated carbocycles. The highest BCUT2D eigenvalue weighted by molar-refractivity contribution is 8.00. The van der Waals surface area contributed by atoms with Crippen LogP contribution >= 0.6 is 23.5 Å². The van der Waals surface area contributed by atoms with Gasteiger partial charge in [-0.1, -0.05) is 12.2 Å². The van der Waals surface area contributed by atoms with E-state index < -0.39 is 0 Å². The number of ether oxygens (including phenoxy) is 8. The lowest BCUT2D eigenvalue weighted by Gasteiger charge is -2.08. The lowest BCUT2D eigenvalue weighted by Crippen LogP contribution is -2.12. The fourth-order valence-corrected chi connectivity index (χ4v) is 4.02. The number of rotatable bonds is 26. The Bertz CT molecular complexity index is 412. The first-order valence-corrected chi connectivity index (χ1v) is 13.7. The molecule has 0 aliphatic carbocycles. The van der Waals surface area contributed by atoms with E-state index in [1.54, 1.807) is 0 Å². The van der Waals surface area contributed by atoms with E-state index in [9.17, 15) is 0 Å². The Morgan fingerprint density at radius 2 is 0.938 bits per heavy atom. The molecule has 2 fully saturated rings.